The third-order valence-corrected chi connectivity index (χ3v) is 3.67. The van der Waals surface area contributed by atoms with E-state index in [1.165, 1.54) is 6.07 Å². The first-order valence-corrected chi connectivity index (χ1v) is 7.15. The zero-order chi connectivity index (χ0) is 15.2. The Morgan fingerprint density at radius 1 is 1.24 bits per heavy atom. The summed E-state index contributed by atoms with van der Waals surface area (Å²) >= 11 is 5.98. The highest BCUT2D eigenvalue weighted by Gasteiger charge is 2.14. The maximum absolute atomic E-state index is 13.5. The summed E-state index contributed by atoms with van der Waals surface area (Å²) in [5, 5.41) is 0.142. The highest BCUT2D eigenvalue weighted by atomic mass is 35.5. The van der Waals surface area contributed by atoms with Crippen molar-refractivity contribution in [2.45, 2.75) is 19.4 Å². The molecule has 21 heavy (non-hydrogen) atoms. The molecule has 5 heteroatoms. The molecule has 3 N–H and O–H groups in total. The molecule has 2 aromatic carbocycles. The van der Waals surface area contributed by atoms with Gasteiger partial charge in [0.05, 0.1) is 17.7 Å². The lowest BCUT2D eigenvalue weighted by molar-refractivity contribution is 0.340. The van der Waals surface area contributed by atoms with Crippen LogP contribution in [0.15, 0.2) is 42.5 Å². The minimum absolute atomic E-state index is 0.142. The van der Waals surface area contributed by atoms with E-state index in [-0.39, 0.29) is 11.1 Å². The van der Waals surface area contributed by atoms with Gasteiger partial charge >= 0.3 is 0 Å². The summed E-state index contributed by atoms with van der Waals surface area (Å²) in [5.74, 6) is 6.01. The molecule has 0 amide bonds. The third kappa shape index (κ3) is 3.94. The lowest BCUT2D eigenvalue weighted by atomic mass is 9.99. The van der Waals surface area contributed by atoms with Gasteiger partial charge in [0.15, 0.2) is 0 Å². The van der Waals surface area contributed by atoms with Crippen molar-refractivity contribution in [3.8, 4) is 5.75 Å². The molecule has 0 spiro atoms. The van der Waals surface area contributed by atoms with E-state index in [1.54, 1.807) is 12.1 Å². The monoisotopic (exact) mass is 308 g/mol. The molecule has 0 saturated carbocycles. The van der Waals surface area contributed by atoms with Crippen LogP contribution in [0.5, 0.6) is 5.75 Å². The molecule has 2 rings (SSSR count). The fourth-order valence-electron chi connectivity index (χ4n) is 2.16. The molecular formula is C16H18ClFN2O. The van der Waals surface area contributed by atoms with E-state index in [0.29, 0.717) is 18.6 Å². The third-order valence-electron chi connectivity index (χ3n) is 3.25. The van der Waals surface area contributed by atoms with Gasteiger partial charge in [-0.3, -0.25) is 11.3 Å². The standard InChI is InChI=1S/C16H18ClFN2O/c1-2-21-13-8-6-11(7-9-13)15(20-19)10-12-4-3-5-14(18)16(12)17/h3-9,15,20H,2,10,19H2,1H3. The molecule has 1 unspecified atom stereocenters. The van der Waals surface area contributed by atoms with Gasteiger partial charge in [-0.15, -0.1) is 0 Å². The van der Waals surface area contributed by atoms with Crippen molar-refractivity contribution in [2.75, 3.05) is 6.61 Å². The molecule has 0 saturated heterocycles. The SMILES string of the molecule is CCOc1ccc(C(Cc2cccc(F)c2Cl)NN)cc1. The Labute approximate surface area is 128 Å². The largest absolute Gasteiger partial charge is 0.494 e. The van der Waals surface area contributed by atoms with E-state index in [0.717, 1.165) is 11.3 Å². The van der Waals surface area contributed by atoms with Gasteiger partial charge < -0.3 is 4.74 Å². The second kappa shape index (κ2) is 7.41. The molecule has 112 valence electrons. The zero-order valence-electron chi connectivity index (χ0n) is 11.8. The quantitative estimate of drug-likeness (QED) is 0.633. The van der Waals surface area contributed by atoms with Gasteiger partial charge in [0.2, 0.25) is 0 Å². The predicted molar refractivity (Wildman–Crippen MR) is 82.8 cm³/mol. The van der Waals surface area contributed by atoms with Crippen molar-refractivity contribution in [3.63, 3.8) is 0 Å². The van der Waals surface area contributed by atoms with Gasteiger partial charge in [-0.2, -0.15) is 0 Å². The number of benzene rings is 2. The number of halogens is 2. The molecule has 0 aromatic heterocycles. The van der Waals surface area contributed by atoms with Crippen LogP contribution in [0.25, 0.3) is 0 Å². The molecule has 3 nitrogen and oxygen atoms in total. The van der Waals surface area contributed by atoms with E-state index in [9.17, 15) is 4.39 Å². The van der Waals surface area contributed by atoms with Crippen LogP contribution in [-0.4, -0.2) is 6.61 Å². The molecular weight excluding hydrogens is 291 g/mol. The number of hydrazine groups is 1. The summed E-state index contributed by atoms with van der Waals surface area (Å²) in [7, 11) is 0. The minimum atomic E-state index is -0.420. The molecule has 0 heterocycles. The first-order chi connectivity index (χ1) is 10.2. The lowest BCUT2D eigenvalue weighted by Crippen LogP contribution is -2.29. The Hall–Kier alpha value is -1.62. The van der Waals surface area contributed by atoms with Crippen molar-refractivity contribution in [2.24, 2.45) is 5.84 Å². The Kier molecular flexibility index (Phi) is 5.56. The summed E-state index contributed by atoms with van der Waals surface area (Å²) in [5.41, 5.74) is 4.45. The van der Waals surface area contributed by atoms with Crippen LogP contribution in [0, 0.1) is 5.82 Å². The molecule has 0 aliphatic carbocycles. The molecule has 0 fully saturated rings. The van der Waals surface area contributed by atoms with Crippen LogP contribution in [0.3, 0.4) is 0 Å². The van der Waals surface area contributed by atoms with Gasteiger partial charge in [-0.25, -0.2) is 4.39 Å². The Balaban J connectivity index is 2.17. The number of nitrogens with one attached hydrogen (secondary N) is 1. The van der Waals surface area contributed by atoms with E-state index in [1.807, 2.05) is 31.2 Å². The van der Waals surface area contributed by atoms with Gasteiger partial charge in [-0.05, 0) is 42.7 Å². The second-order valence-electron chi connectivity index (χ2n) is 4.64. The van der Waals surface area contributed by atoms with Crippen molar-refractivity contribution in [1.29, 1.82) is 0 Å². The summed E-state index contributed by atoms with van der Waals surface area (Å²) in [6.07, 6.45) is 0.501. The Morgan fingerprint density at radius 3 is 2.57 bits per heavy atom. The van der Waals surface area contributed by atoms with E-state index in [2.05, 4.69) is 5.43 Å². The van der Waals surface area contributed by atoms with Gasteiger partial charge in [-0.1, -0.05) is 35.9 Å². The van der Waals surface area contributed by atoms with Crippen LogP contribution in [-0.2, 0) is 6.42 Å². The molecule has 0 radical (unpaired) electrons. The number of nitrogens with two attached hydrogens (primary N) is 1. The maximum Gasteiger partial charge on any atom is 0.142 e. The Morgan fingerprint density at radius 2 is 1.95 bits per heavy atom. The number of hydrogen-bond acceptors (Lipinski definition) is 3. The fraction of sp³-hybridized carbons (Fsp3) is 0.250. The Bertz CT molecular complexity index is 589. The van der Waals surface area contributed by atoms with E-state index < -0.39 is 5.82 Å². The van der Waals surface area contributed by atoms with Crippen molar-refractivity contribution < 1.29 is 9.13 Å². The molecule has 0 aliphatic heterocycles. The smallest absolute Gasteiger partial charge is 0.142 e. The van der Waals surface area contributed by atoms with Crippen LogP contribution in [0.2, 0.25) is 5.02 Å². The summed E-state index contributed by atoms with van der Waals surface area (Å²) in [6, 6.07) is 12.3. The number of ether oxygens (including phenoxy) is 1. The van der Waals surface area contributed by atoms with Crippen LogP contribution >= 0.6 is 11.6 Å². The highest BCUT2D eigenvalue weighted by Crippen LogP contribution is 2.26. The average molecular weight is 309 g/mol. The molecule has 0 aliphatic rings. The molecule has 0 bridgehead atoms. The van der Waals surface area contributed by atoms with Crippen LogP contribution in [0.4, 0.5) is 4.39 Å². The van der Waals surface area contributed by atoms with Crippen molar-refractivity contribution in [3.05, 3.63) is 64.4 Å². The average Bonchev–Trinajstić information content (AvgIpc) is 2.50. The van der Waals surface area contributed by atoms with Gasteiger partial charge in [0, 0.05) is 0 Å². The lowest BCUT2D eigenvalue weighted by Gasteiger charge is -2.18. The van der Waals surface area contributed by atoms with Gasteiger partial charge in [0.25, 0.3) is 0 Å². The van der Waals surface area contributed by atoms with Gasteiger partial charge in [0.1, 0.15) is 11.6 Å². The predicted octanol–water partition coefficient (Wildman–Crippen LogP) is 3.62. The zero-order valence-corrected chi connectivity index (χ0v) is 12.5. The second-order valence-corrected chi connectivity index (χ2v) is 5.02. The summed E-state index contributed by atoms with van der Waals surface area (Å²) in [6.45, 7) is 2.56. The number of rotatable bonds is 6. The molecule has 2 aromatic rings. The van der Waals surface area contributed by atoms with Crippen molar-refractivity contribution >= 4 is 11.6 Å². The number of hydrogen-bond donors (Lipinski definition) is 2. The summed E-state index contributed by atoms with van der Waals surface area (Å²) in [4.78, 5) is 0. The first-order valence-electron chi connectivity index (χ1n) is 6.77. The van der Waals surface area contributed by atoms with E-state index in [4.69, 9.17) is 22.2 Å². The maximum atomic E-state index is 13.5. The molecule has 1 atom stereocenters. The summed E-state index contributed by atoms with van der Waals surface area (Å²) < 4.78 is 18.9. The topological polar surface area (TPSA) is 47.3 Å². The normalized spacial score (nSPS) is 12.2. The van der Waals surface area contributed by atoms with Crippen LogP contribution < -0.4 is 16.0 Å². The minimum Gasteiger partial charge on any atom is -0.494 e. The van der Waals surface area contributed by atoms with E-state index >= 15 is 0 Å². The van der Waals surface area contributed by atoms with Crippen molar-refractivity contribution in [1.82, 2.24) is 5.43 Å². The first kappa shape index (κ1) is 15.8. The fourth-order valence-corrected chi connectivity index (χ4v) is 2.37. The van der Waals surface area contributed by atoms with Crippen LogP contribution in [0.1, 0.15) is 24.1 Å². The highest BCUT2D eigenvalue weighted by molar-refractivity contribution is 6.31.